The Kier molecular flexibility index (Phi) is 7.39. The standard InChI is InChI=1S/C11H10F6O8S/c1-3-4-23-8(19)10(11(15,16)17,25-7(18)6(2)12)24-5-9(13,14)26(20,21)22/h3H,1-2,4-5H2,(H,20,21,22). The molecule has 0 bridgehead atoms. The summed E-state index contributed by atoms with van der Waals surface area (Å²) in [6.45, 7) is 1.47. The molecule has 0 saturated carbocycles. The molecule has 1 unspecified atom stereocenters. The molecule has 26 heavy (non-hydrogen) atoms. The monoisotopic (exact) mass is 416 g/mol. The van der Waals surface area contributed by atoms with Gasteiger partial charge in [0.15, 0.2) is 0 Å². The molecular weight excluding hydrogens is 406 g/mol. The second-order valence-corrected chi connectivity index (χ2v) is 5.74. The number of esters is 2. The zero-order chi connectivity index (χ0) is 21.0. The number of ether oxygens (including phenoxy) is 3. The van der Waals surface area contributed by atoms with Gasteiger partial charge in [0.05, 0.1) is 0 Å². The highest BCUT2D eigenvalue weighted by Gasteiger charge is 2.69. The molecule has 0 amide bonds. The molecule has 0 aliphatic rings. The lowest BCUT2D eigenvalue weighted by Gasteiger charge is -2.32. The van der Waals surface area contributed by atoms with Gasteiger partial charge in [0.2, 0.25) is 5.83 Å². The van der Waals surface area contributed by atoms with Crippen LogP contribution in [0.5, 0.6) is 0 Å². The van der Waals surface area contributed by atoms with E-state index in [4.69, 9.17) is 4.55 Å². The highest BCUT2D eigenvalue weighted by atomic mass is 32.2. The first-order valence-corrected chi connectivity index (χ1v) is 7.37. The first-order valence-electron chi connectivity index (χ1n) is 5.93. The Balaban J connectivity index is 6.10. The molecule has 1 N–H and O–H groups in total. The maximum atomic E-state index is 13.2. The second kappa shape index (κ2) is 8.05. The topological polar surface area (TPSA) is 116 Å². The lowest BCUT2D eigenvalue weighted by atomic mass is 10.2. The van der Waals surface area contributed by atoms with Crippen LogP contribution in [0.3, 0.4) is 0 Å². The summed E-state index contributed by atoms with van der Waals surface area (Å²) in [5.74, 6) is -12.4. The first kappa shape index (κ1) is 23.9. The molecule has 0 heterocycles. The summed E-state index contributed by atoms with van der Waals surface area (Å²) < 4.78 is 119. The van der Waals surface area contributed by atoms with Crippen molar-refractivity contribution in [2.45, 2.75) is 17.2 Å². The number of alkyl halides is 5. The Morgan fingerprint density at radius 3 is 2.00 bits per heavy atom. The average molecular weight is 416 g/mol. The van der Waals surface area contributed by atoms with Gasteiger partial charge < -0.3 is 14.2 Å². The van der Waals surface area contributed by atoms with Crippen molar-refractivity contribution in [2.75, 3.05) is 13.2 Å². The van der Waals surface area contributed by atoms with E-state index >= 15 is 0 Å². The predicted octanol–water partition coefficient (Wildman–Crippen LogP) is 1.50. The highest BCUT2D eigenvalue weighted by Crippen LogP contribution is 2.38. The Labute approximate surface area is 141 Å². The third-order valence-electron chi connectivity index (χ3n) is 2.25. The van der Waals surface area contributed by atoms with E-state index in [0.717, 1.165) is 6.08 Å². The zero-order valence-electron chi connectivity index (χ0n) is 12.4. The minimum atomic E-state index is -6.28. The van der Waals surface area contributed by atoms with Gasteiger partial charge in [0.25, 0.3) is 0 Å². The summed E-state index contributed by atoms with van der Waals surface area (Å²) in [4.78, 5) is 22.6. The fraction of sp³-hybridized carbons (Fsp3) is 0.455. The normalized spacial score (nSPS) is 14.9. The van der Waals surface area contributed by atoms with Crippen molar-refractivity contribution in [3.63, 3.8) is 0 Å². The largest absolute Gasteiger partial charge is 0.468 e. The molecule has 8 nitrogen and oxygen atoms in total. The molecule has 0 aliphatic heterocycles. The van der Waals surface area contributed by atoms with Crippen LogP contribution in [0, 0.1) is 0 Å². The minimum Gasteiger partial charge on any atom is -0.456 e. The van der Waals surface area contributed by atoms with Gasteiger partial charge in [0.1, 0.15) is 13.2 Å². The zero-order valence-corrected chi connectivity index (χ0v) is 13.2. The van der Waals surface area contributed by atoms with Crippen LogP contribution < -0.4 is 0 Å². The molecule has 0 aliphatic carbocycles. The summed E-state index contributed by atoms with van der Waals surface area (Å²) in [5, 5.41) is -5.36. The Morgan fingerprint density at radius 2 is 1.65 bits per heavy atom. The lowest BCUT2D eigenvalue weighted by molar-refractivity contribution is -0.360. The third-order valence-corrected chi connectivity index (χ3v) is 3.13. The van der Waals surface area contributed by atoms with Gasteiger partial charge >= 0.3 is 39.3 Å². The van der Waals surface area contributed by atoms with E-state index in [-0.39, 0.29) is 0 Å². The lowest BCUT2D eigenvalue weighted by Crippen LogP contribution is -2.59. The fourth-order valence-electron chi connectivity index (χ4n) is 1.06. The first-order chi connectivity index (χ1) is 11.5. The van der Waals surface area contributed by atoms with Crippen LogP contribution in [-0.2, 0) is 33.9 Å². The Morgan fingerprint density at radius 1 is 1.15 bits per heavy atom. The molecular formula is C11H10F6O8S. The van der Waals surface area contributed by atoms with Crippen molar-refractivity contribution in [3.05, 3.63) is 25.1 Å². The fourth-order valence-corrected chi connectivity index (χ4v) is 1.27. The van der Waals surface area contributed by atoms with Crippen molar-refractivity contribution >= 4 is 22.1 Å². The van der Waals surface area contributed by atoms with E-state index in [1.807, 2.05) is 0 Å². The molecule has 15 heteroatoms. The van der Waals surface area contributed by atoms with E-state index < -0.39 is 58.3 Å². The van der Waals surface area contributed by atoms with Gasteiger partial charge in [-0.2, -0.15) is 34.8 Å². The van der Waals surface area contributed by atoms with Crippen molar-refractivity contribution in [1.82, 2.24) is 0 Å². The second-order valence-electron chi connectivity index (χ2n) is 4.20. The number of carbonyl (C=O) groups is 2. The Bertz CT molecular complexity index is 685. The van der Waals surface area contributed by atoms with Crippen molar-refractivity contribution in [2.24, 2.45) is 0 Å². The summed E-state index contributed by atoms with van der Waals surface area (Å²) >= 11 is 0. The number of rotatable bonds is 9. The smallest absolute Gasteiger partial charge is 0.456 e. The van der Waals surface area contributed by atoms with E-state index in [1.165, 1.54) is 0 Å². The molecule has 0 rings (SSSR count). The van der Waals surface area contributed by atoms with Gasteiger partial charge in [-0.25, -0.2) is 9.59 Å². The number of carbonyl (C=O) groups excluding carboxylic acids is 2. The van der Waals surface area contributed by atoms with Crippen LogP contribution in [0.2, 0.25) is 0 Å². The number of hydrogen-bond donors (Lipinski definition) is 1. The van der Waals surface area contributed by atoms with E-state index in [2.05, 4.69) is 27.4 Å². The van der Waals surface area contributed by atoms with Crippen LogP contribution in [0.4, 0.5) is 26.3 Å². The minimum absolute atomic E-state index is 0.724. The van der Waals surface area contributed by atoms with E-state index in [1.54, 1.807) is 0 Å². The van der Waals surface area contributed by atoms with E-state index in [0.29, 0.717) is 0 Å². The molecule has 0 radical (unpaired) electrons. The van der Waals surface area contributed by atoms with Crippen molar-refractivity contribution in [1.29, 1.82) is 0 Å². The van der Waals surface area contributed by atoms with Crippen LogP contribution >= 0.6 is 0 Å². The molecule has 0 saturated heterocycles. The molecule has 150 valence electrons. The van der Waals surface area contributed by atoms with Crippen molar-refractivity contribution < 1.29 is 63.1 Å². The SMILES string of the molecule is C=CCOC(=O)C(OCC(F)(F)S(=O)(=O)O)(OC(=O)C(=C)F)C(F)(F)F. The summed E-state index contributed by atoms with van der Waals surface area (Å²) in [6.07, 6.45) is -5.42. The molecule has 1 atom stereocenters. The third kappa shape index (κ3) is 5.43. The van der Waals surface area contributed by atoms with Gasteiger partial charge in [-0.05, 0) is 0 Å². The molecule has 0 aromatic heterocycles. The van der Waals surface area contributed by atoms with E-state index in [9.17, 15) is 44.3 Å². The van der Waals surface area contributed by atoms with Gasteiger partial charge in [-0.15, -0.1) is 0 Å². The summed E-state index contributed by atoms with van der Waals surface area (Å²) in [7, 11) is -6.28. The van der Waals surface area contributed by atoms with Gasteiger partial charge in [-0.3, -0.25) is 4.55 Å². The number of halogens is 6. The molecule has 0 aromatic carbocycles. The van der Waals surface area contributed by atoms with Gasteiger partial charge in [-0.1, -0.05) is 19.2 Å². The molecule has 0 aromatic rings. The maximum Gasteiger partial charge on any atom is 0.468 e. The quantitative estimate of drug-likeness (QED) is 0.150. The molecule has 0 spiro atoms. The van der Waals surface area contributed by atoms with Crippen LogP contribution in [0.1, 0.15) is 0 Å². The maximum absolute atomic E-state index is 13.2. The highest BCUT2D eigenvalue weighted by molar-refractivity contribution is 7.86. The van der Waals surface area contributed by atoms with Crippen LogP contribution in [0.25, 0.3) is 0 Å². The van der Waals surface area contributed by atoms with Crippen LogP contribution in [0.15, 0.2) is 25.1 Å². The Hall–Kier alpha value is -2.13. The van der Waals surface area contributed by atoms with Crippen molar-refractivity contribution in [3.8, 4) is 0 Å². The predicted molar refractivity (Wildman–Crippen MR) is 68.7 cm³/mol. The van der Waals surface area contributed by atoms with Crippen LogP contribution in [-0.4, -0.2) is 55.3 Å². The number of hydrogen-bond acceptors (Lipinski definition) is 7. The average Bonchev–Trinajstić information content (AvgIpc) is 2.46. The van der Waals surface area contributed by atoms with Gasteiger partial charge in [0, 0.05) is 0 Å². The summed E-state index contributed by atoms with van der Waals surface area (Å²) in [5.41, 5.74) is 0. The molecule has 0 fully saturated rings. The summed E-state index contributed by atoms with van der Waals surface area (Å²) in [6, 6.07) is 0.